The average Bonchev–Trinajstić information content (AvgIpc) is 0.766. The van der Waals surface area contributed by atoms with Crippen LogP contribution in [-0.4, -0.2) is 63.3 Å². The van der Waals surface area contributed by atoms with E-state index in [1.54, 1.807) is 90.1 Å². The number of allylic oxidation sites excluding steroid dienone is 2. The van der Waals surface area contributed by atoms with E-state index in [-0.39, 0.29) is 18.4 Å². The van der Waals surface area contributed by atoms with E-state index in [2.05, 4.69) is 28.1 Å². The molecule has 2 atom stereocenters. The number of nitriles is 2. The van der Waals surface area contributed by atoms with Gasteiger partial charge in [0.25, 0.3) is 0 Å². The van der Waals surface area contributed by atoms with Gasteiger partial charge in [0.05, 0.1) is 35.0 Å². The highest BCUT2D eigenvalue weighted by atomic mass is 16.6. The molecule has 0 aliphatic heterocycles. The second-order valence-corrected chi connectivity index (χ2v) is 26.7. The van der Waals surface area contributed by atoms with E-state index >= 15 is 0 Å². The van der Waals surface area contributed by atoms with E-state index in [4.69, 9.17) is 19.2 Å². The van der Waals surface area contributed by atoms with Crippen LogP contribution in [0.2, 0.25) is 0 Å². The van der Waals surface area contributed by atoms with Crippen LogP contribution in [0.15, 0.2) is 223 Å². The van der Waals surface area contributed by atoms with Crippen molar-refractivity contribution in [2.75, 3.05) is 10.6 Å². The summed E-state index contributed by atoms with van der Waals surface area (Å²) in [5.74, 6) is -1.35. The van der Waals surface area contributed by atoms with Crippen LogP contribution in [0.4, 0.5) is 21.0 Å². The predicted molar refractivity (Wildman–Crippen MR) is 376 cm³/mol. The number of carboxylic acid groups (broad SMARTS) is 1. The van der Waals surface area contributed by atoms with Crippen LogP contribution >= 0.6 is 0 Å². The fraction of sp³-hybridized carbons (Fsp3) is 0.263. The van der Waals surface area contributed by atoms with E-state index in [1.807, 2.05) is 224 Å². The molecule has 2 amide bonds. The Bertz CT molecular complexity index is 3940. The number of carbonyl (C=O) groups is 4. The molecule has 8 rings (SSSR count). The van der Waals surface area contributed by atoms with E-state index in [9.17, 15) is 34.8 Å². The SMILES string of the molecule is CC(C)(C)OC(=O)Nc1ccc(/C=C(\C#N)c2ccc(C[C@@](N=C(c3ccccc3)c3ccccc3)(C(=O)O)C(C)(C)C)cc2)cc1.CC(C)(C)OC(=O)Nc1ccc(C=C(C#N)c2ccc(CC(NC(c3ccccc3)c3ccccc3)C(=O)OC(C)(C)C)cc2)cc1. The Morgan fingerprint density at radius 2 is 0.830 bits per heavy atom. The highest BCUT2D eigenvalue weighted by molar-refractivity contribution is 6.14. The van der Waals surface area contributed by atoms with Gasteiger partial charge in [-0.15, -0.1) is 0 Å². The lowest BCUT2D eigenvalue weighted by atomic mass is 9.70. The Morgan fingerprint density at radius 3 is 1.17 bits per heavy atom. The van der Waals surface area contributed by atoms with E-state index in [0.29, 0.717) is 40.2 Å². The van der Waals surface area contributed by atoms with Crippen LogP contribution in [0.5, 0.6) is 0 Å². The van der Waals surface area contributed by atoms with E-state index < -0.39 is 52.0 Å². The maximum atomic E-state index is 13.6. The van der Waals surface area contributed by atoms with Gasteiger partial charge in [0.1, 0.15) is 22.8 Å². The topological polar surface area (TPSA) is 212 Å². The van der Waals surface area contributed by atoms with Crippen LogP contribution < -0.4 is 16.0 Å². The van der Waals surface area contributed by atoms with Crippen LogP contribution in [-0.2, 0) is 36.6 Å². The number of carboxylic acids is 1. The minimum absolute atomic E-state index is 0.146. The smallest absolute Gasteiger partial charge is 0.412 e. The lowest BCUT2D eigenvalue weighted by Gasteiger charge is -2.39. The molecule has 14 nitrogen and oxygen atoms in total. The molecule has 0 radical (unpaired) electrons. The van der Waals surface area contributed by atoms with Gasteiger partial charge in [0, 0.05) is 28.9 Å². The predicted octanol–water partition coefficient (Wildman–Crippen LogP) is 17.8. The zero-order valence-corrected chi connectivity index (χ0v) is 55.7. The highest BCUT2D eigenvalue weighted by Crippen LogP contribution is 2.39. The number of hydrogen-bond acceptors (Lipinski definition) is 11. The monoisotopic (exact) mass is 1260 g/mol. The first-order valence-electron chi connectivity index (χ1n) is 31.2. The summed E-state index contributed by atoms with van der Waals surface area (Å²) in [4.78, 5) is 56.1. The second kappa shape index (κ2) is 31.6. The summed E-state index contributed by atoms with van der Waals surface area (Å²) in [5, 5.41) is 39.8. The second-order valence-electron chi connectivity index (χ2n) is 26.7. The average molecular weight is 1260 g/mol. The molecule has 0 saturated heterocycles. The first-order valence-corrected chi connectivity index (χ1v) is 31.2. The van der Waals surface area contributed by atoms with Crippen LogP contribution in [0.3, 0.4) is 0 Å². The number of carbonyl (C=O) groups excluding carboxylic acids is 3. The quantitative estimate of drug-likeness (QED) is 0.0197. The first-order chi connectivity index (χ1) is 44.5. The molecule has 0 spiro atoms. The molecular formula is C80H84N6O8. The van der Waals surface area contributed by atoms with Crippen molar-refractivity contribution < 1.29 is 38.5 Å². The van der Waals surface area contributed by atoms with Gasteiger partial charge in [0.15, 0.2) is 5.54 Å². The van der Waals surface area contributed by atoms with Crippen molar-refractivity contribution >= 4 is 64.5 Å². The molecule has 14 heteroatoms. The maximum Gasteiger partial charge on any atom is 0.412 e. The molecule has 0 aromatic heterocycles. The van der Waals surface area contributed by atoms with Gasteiger partial charge in [0.2, 0.25) is 0 Å². The minimum atomic E-state index is -1.50. The highest BCUT2D eigenvalue weighted by Gasteiger charge is 2.49. The number of nitrogens with zero attached hydrogens (tertiary/aromatic N) is 3. The van der Waals surface area contributed by atoms with Gasteiger partial charge < -0.3 is 19.3 Å². The summed E-state index contributed by atoms with van der Waals surface area (Å²) >= 11 is 0. The molecular weight excluding hydrogens is 1170 g/mol. The zero-order chi connectivity index (χ0) is 68.3. The number of ether oxygens (including phenoxy) is 3. The molecule has 0 heterocycles. The Morgan fingerprint density at radius 1 is 0.468 bits per heavy atom. The van der Waals surface area contributed by atoms with Crippen LogP contribution in [0, 0.1) is 28.1 Å². The fourth-order valence-electron chi connectivity index (χ4n) is 10.1. The first kappa shape index (κ1) is 70.8. The number of hydrogen-bond donors (Lipinski definition) is 4. The maximum absolute atomic E-state index is 13.6. The molecule has 1 unspecified atom stereocenters. The molecule has 4 N–H and O–H groups in total. The number of aliphatic carboxylic acids is 1. The molecule has 0 saturated carbocycles. The molecule has 0 fully saturated rings. The van der Waals surface area contributed by atoms with Crippen molar-refractivity contribution in [2.24, 2.45) is 10.4 Å². The van der Waals surface area contributed by atoms with Crippen molar-refractivity contribution in [2.45, 2.75) is 130 Å². The van der Waals surface area contributed by atoms with E-state index in [1.165, 1.54) is 0 Å². The largest absolute Gasteiger partial charge is 0.479 e. The summed E-state index contributed by atoms with van der Waals surface area (Å²) in [5.41, 5.74) is 7.10. The van der Waals surface area contributed by atoms with Crippen molar-refractivity contribution in [1.29, 1.82) is 10.5 Å². The Kier molecular flexibility index (Phi) is 23.8. The molecule has 0 bridgehead atoms. The summed E-state index contributed by atoms with van der Waals surface area (Å²) in [6.07, 6.45) is 3.02. The lowest BCUT2D eigenvalue weighted by Crippen LogP contribution is -2.51. The molecule has 8 aromatic rings. The van der Waals surface area contributed by atoms with Gasteiger partial charge >= 0.3 is 24.1 Å². The van der Waals surface area contributed by atoms with Crippen LogP contribution in [0.25, 0.3) is 23.3 Å². The van der Waals surface area contributed by atoms with Crippen molar-refractivity contribution in [1.82, 2.24) is 5.32 Å². The number of benzene rings is 8. The van der Waals surface area contributed by atoms with Gasteiger partial charge in [-0.25, -0.2) is 14.4 Å². The number of aliphatic imine (C=N–C) groups is 1. The minimum Gasteiger partial charge on any atom is -0.479 e. The molecule has 8 aromatic carbocycles. The zero-order valence-electron chi connectivity index (χ0n) is 55.7. The number of rotatable bonds is 19. The van der Waals surface area contributed by atoms with Gasteiger partial charge in [-0.3, -0.25) is 25.7 Å². The van der Waals surface area contributed by atoms with E-state index in [0.717, 1.165) is 50.1 Å². The summed E-state index contributed by atoms with van der Waals surface area (Å²) in [6.45, 7) is 22.1. The van der Waals surface area contributed by atoms with Gasteiger partial charge in [-0.05, 0) is 155 Å². The lowest BCUT2D eigenvalue weighted by molar-refractivity contribution is -0.157. The summed E-state index contributed by atoms with van der Waals surface area (Å²) in [7, 11) is 0. The molecule has 0 aliphatic rings. The Balaban J connectivity index is 0.000000266. The third-order valence-corrected chi connectivity index (χ3v) is 14.7. The van der Waals surface area contributed by atoms with Crippen molar-refractivity contribution in [3.63, 3.8) is 0 Å². The Hall–Kier alpha value is -10.7. The van der Waals surface area contributed by atoms with Crippen molar-refractivity contribution in [3.05, 3.63) is 274 Å². The van der Waals surface area contributed by atoms with Gasteiger partial charge in [-0.2, -0.15) is 10.5 Å². The number of amides is 2. The number of nitrogens with one attached hydrogen (secondary N) is 3. The molecule has 482 valence electrons. The van der Waals surface area contributed by atoms with Gasteiger partial charge in [-0.1, -0.05) is 215 Å². The fourth-order valence-corrected chi connectivity index (χ4v) is 10.1. The van der Waals surface area contributed by atoms with Crippen molar-refractivity contribution in [3.8, 4) is 12.1 Å². The summed E-state index contributed by atoms with van der Waals surface area (Å²) in [6, 6.07) is 72.4. The number of anilines is 2. The normalized spacial score (nSPS) is 12.8. The van der Waals surface area contributed by atoms with Crippen LogP contribution in [0.1, 0.15) is 145 Å². The Labute approximate surface area is 553 Å². The number of esters is 1. The third-order valence-electron chi connectivity index (χ3n) is 14.7. The molecule has 0 aliphatic carbocycles. The summed E-state index contributed by atoms with van der Waals surface area (Å²) < 4.78 is 16.5. The molecule has 94 heavy (non-hydrogen) atoms. The standard InChI is InChI=1S/C40H41N3O4.C40H43N3O4/c1-38(2,3)40(36(44)45,43-35(31-13-9-7-10-14-31)32-15-11-8-12-16-32)26-29-17-21-30(22-18-29)33(27-41)25-28-19-23-34(24-20-28)42-37(46)47-39(4,5)6;1-39(2,3)46-37(44)35(43-36(31-13-9-7-10-14-31)32-15-11-8-12-16-32)26-29-17-21-30(22-18-29)33(27-41)25-28-19-23-34(24-20-28)42-38(45)47-40(4,5)6/h7-25H,26H2,1-6H3,(H,42,46)(H,44,45);7-25,35-36,43H,26H2,1-6H3,(H,42,45)/b33-25+;/t40-;/m1./s1. The third kappa shape index (κ3) is 21.2.